The Kier molecular flexibility index (Phi) is 11.9. The fraction of sp³-hybridized carbons (Fsp3) is 0.643. The summed E-state index contributed by atoms with van der Waals surface area (Å²) in [4.78, 5) is 0. The van der Waals surface area contributed by atoms with Crippen molar-refractivity contribution in [3.8, 4) is 0 Å². The summed E-state index contributed by atoms with van der Waals surface area (Å²) in [5, 5.41) is 0. The summed E-state index contributed by atoms with van der Waals surface area (Å²) < 4.78 is 0. The molecule has 2 saturated heterocycles. The van der Waals surface area contributed by atoms with Crippen LogP contribution < -0.4 is 0 Å². The molecule has 0 aromatic carbocycles. The van der Waals surface area contributed by atoms with Crippen molar-refractivity contribution >= 4 is 15.8 Å². The van der Waals surface area contributed by atoms with E-state index in [-0.39, 0.29) is 32.9 Å². The van der Waals surface area contributed by atoms with Crippen LogP contribution in [0.25, 0.3) is 0 Å². The van der Waals surface area contributed by atoms with Crippen LogP contribution in [-0.4, -0.2) is 22.6 Å². The Hall–Kier alpha value is 1.38. The first-order valence-corrected chi connectivity index (χ1v) is 15.2. The van der Waals surface area contributed by atoms with E-state index in [9.17, 15) is 0 Å². The molecule has 0 bridgehead atoms. The van der Waals surface area contributed by atoms with Crippen molar-refractivity contribution in [2.75, 3.05) is 0 Å². The van der Waals surface area contributed by atoms with E-state index in [1.807, 2.05) is 0 Å². The molecule has 0 nitrogen and oxygen atoms in total. The quantitative estimate of drug-likeness (QED) is 0.254. The van der Waals surface area contributed by atoms with Crippen molar-refractivity contribution in [1.82, 2.24) is 0 Å². The number of hydrogen-bond acceptors (Lipinski definition) is 0. The Morgan fingerprint density at radius 2 is 0.742 bits per heavy atom. The summed E-state index contributed by atoms with van der Waals surface area (Å²) in [6.45, 7) is 19.1. The smallest absolute Gasteiger partial charge is 0.0918 e. The van der Waals surface area contributed by atoms with Crippen LogP contribution in [0.1, 0.15) is 68.2 Å². The Labute approximate surface area is 209 Å². The standard InChI is InChI=1S/2C14H22P.Fe/c2*1-10(2)13-9-14(11(3)4)15(13)12-7-5-6-8-12;/h2*5-8,10-11,13-14H,9H2,1-4H3;/q;;+2/t2*13-,14?,15?;/m00./s1. The van der Waals surface area contributed by atoms with Crippen LogP contribution in [0, 0.1) is 86.4 Å². The minimum atomic E-state index is 0. The van der Waals surface area contributed by atoms with Gasteiger partial charge in [0.15, 0.2) is 0 Å². The zero-order chi connectivity index (χ0) is 22.0. The van der Waals surface area contributed by atoms with Gasteiger partial charge in [-0.15, -0.1) is 0 Å². The first kappa shape index (κ1) is 28.6. The Morgan fingerprint density at radius 3 is 0.935 bits per heavy atom. The van der Waals surface area contributed by atoms with Crippen molar-refractivity contribution in [1.29, 1.82) is 0 Å². The molecule has 4 aliphatic rings. The van der Waals surface area contributed by atoms with Crippen LogP contribution >= 0.6 is 15.8 Å². The first-order valence-electron chi connectivity index (χ1n) is 12.2. The Morgan fingerprint density at radius 1 is 0.516 bits per heavy atom. The van der Waals surface area contributed by atoms with Gasteiger partial charge in [-0.25, -0.2) is 0 Å². The topological polar surface area (TPSA) is 0 Å². The van der Waals surface area contributed by atoms with Gasteiger partial charge in [-0.2, -0.15) is 0 Å². The van der Waals surface area contributed by atoms with E-state index in [1.54, 1.807) is 11.3 Å². The first-order chi connectivity index (χ1) is 14.2. The Bertz CT molecular complexity index is 426. The van der Waals surface area contributed by atoms with Crippen LogP contribution in [0.4, 0.5) is 0 Å². The minimum absolute atomic E-state index is 0. The van der Waals surface area contributed by atoms with Crippen LogP contribution in [-0.2, 0) is 17.1 Å². The molecule has 2 saturated carbocycles. The predicted octanol–water partition coefficient (Wildman–Crippen LogP) is 8.57. The van der Waals surface area contributed by atoms with Crippen LogP contribution in [0.5, 0.6) is 0 Å². The van der Waals surface area contributed by atoms with Crippen molar-refractivity contribution < 1.29 is 17.1 Å². The van der Waals surface area contributed by atoms with Gasteiger partial charge in [0.25, 0.3) is 0 Å². The van der Waals surface area contributed by atoms with Crippen LogP contribution in [0.3, 0.4) is 0 Å². The summed E-state index contributed by atoms with van der Waals surface area (Å²) in [6, 6.07) is 0. The predicted molar refractivity (Wildman–Crippen MR) is 138 cm³/mol. The molecular weight excluding hydrogens is 454 g/mol. The second-order valence-electron chi connectivity index (χ2n) is 10.8. The Balaban J connectivity index is 0.000000213. The van der Waals surface area contributed by atoms with E-state index in [0.29, 0.717) is 0 Å². The van der Waals surface area contributed by atoms with Crippen molar-refractivity contribution in [3.63, 3.8) is 0 Å². The second-order valence-corrected chi connectivity index (χ2v) is 16.1. The van der Waals surface area contributed by atoms with Gasteiger partial charge in [-0.3, -0.25) is 0 Å². The van der Waals surface area contributed by atoms with Gasteiger partial charge in [-0.05, 0) is 111 Å². The van der Waals surface area contributed by atoms with E-state index < -0.39 is 0 Å². The van der Waals surface area contributed by atoms with Gasteiger partial charge >= 0.3 is 17.1 Å². The molecule has 31 heavy (non-hydrogen) atoms. The molecule has 3 heteroatoms. The molecule has 172 valence electrons. The fourth-order valence-electron chi connectivity index (χ4n) is 5.38. The molecule has 0 N–H and O–H groups in total. The van der Waals surface area contributed by atoms with Gasteiger partial charge in [0.2, 0.25) is 0 Å². The van der Waals surface area contributed by atoms with Crippen molar-refractivity contribution in [2.45, 2.75) is 90.9 Å². The normalized spacial score (nSPS) is 36.4. The molecule has 2 aliphatic heterocycles. The summed E-state index contributed by atoms with van der Waals surface area (Å²) in [5.41, 5.74) is 7.22. The summed E-state index contributed by atoms with van der Waals surface area (Å²) in [5.74, 6) is 3.45. The van der Waals surface area contributed by atoms with E-state index in [1.165, 1.54) is 12.8 Å². The van der Waals surface area contributed by atoms with Crippen LogP contribution in [0.15, 0.2) is 0 Å². The molecule has 4 unspecified atom stereocenters. The molecule has 0 aromatic rings. The van der Waals surface area contributed by atoms with Crippen LogP contribution in [0.2, 0.25) is 0 Å². The summed E-state index contributed by atoms with van der Waals surface area (Å²) in [6.07, 6.45) is 21.1. The number of hydrogen-bond donors (Lipinski definition) is 0. The molecule has 4 rings (SSSR count). The maximum atomic E-state index is 2.39. The maximum Gasteiger partial charge on any atom is 2.00 e. The largest absolute Gasteiger partial charge is 2.00 e. The number of rotatable bonds is 6. The summed E-state index contributed by atoms with van der Waals surface area (Å²) in [7, 11) is 0.277. The van der Waals surface area contributed by atoms with E-state index >= 15 is 0 Å². The third kappa shape index (κ3) is 6.74. The molecule has 10 radical (unpaired) electrons. The molecule has 6 atom stereocenters. The van der Waals surface area contributed by atoms with Gasteiger partial charge < -0.3 is 0 Å². The fourth-order valence-corrected chi connectivity index (χ4v) is 12.5. The second kappa shape index (κ2) is 12.9. The molecule has 4 fully saturated rings. The van der Waals surface area contributed by atoms with Gasteiger partial charge in [-0.1, -0.05) is 71.2 Å². The zero-order valence-electron chi connectivity index (χ0n) is 20.9. The SMILES string of the molecule is CC(C)C1C[C@@H](C(C)C)P1[C]1[CH][CH][CH][CH]1.CC(C)C1C[C@@H](C(C)C)P1[C]1[CH][CH][CH][CH]1.[Fe+2]. The zero-order valence-corrected chi connectivity index (χ0v) is 23.8. The van der Waals surface area contributed by atoms with Crippen molar-refractivity contribution in [3.05, 3.63) is 62.7 Å². The monoisotopic (exact) mass is 498 g/mol. The van der Waals surface area contributed by atoms with Crippen molar-refractivity contribution in [2.24, 2.45) is 23.7 Å². The van der Waals surface area contributed by atoms with E-state index in [2.05, 4.69) is 107 Å². The van der Waals surface area contributed by atoms with E-state index in [4.69, 9.17) is 0 Å². The average molecular weight is 498 g/mol. The molecular formula is C28H44FeP2+2. The average Bonchev–Trinajstić information content (AvgIpc) is 3.26. The molecule has 2 aliphatic carbocycles. The molecule has 0 spiro atoms. The minimum Gasteiger partial charge on any atom is -0.0918 e. The van der Waals surface area contributed by atoms with Gasteiger partial charge in [0, 0.05) is 11.3 Å². The summed E-state index contributed by atoms with van der Waals surface area (Å²) >= 11 is 0. The van der Waals surface area contributed by atoms with Gasteiger partial charge in [0.05, 0.1) is 0 Å². The third-order valence-corrected chi connectivity index (χ3v) is 15.2. The maximum absolute atomic E-state index is 2.39. The molecule has 2 heterocycles. The molecule has 0 amide bonds. The van der Waals surface area contributed by atoms with Gasteiger partial charge in [0.1, 0.15) is 0 Å². The molecule has 0 aromatic heterocycles. The third-order valence-electron chi connectivity index (χ3n) is 7.36. The van der Waals surface area contributed by atoms with E-state index in [0.717, 1.165) is 46.3 Å².